The van der Waals surface area contributed by atoms with Gasteiger partial charge in [-0.25, -0.2) is 0 Å². The van der Waals surface area contributed by atoms with Crippen LogP contribution in [-0.4, -0.2) is 10.9 Å². The third-order valence-electron chi connectivity index (χ3n) is 2.47. The van der Waals surface area contributed by atoms with Gasteiger partial charge in [-0.3, -0.25) is 9.78 Å². The fourth-order valence-electron chi connectivity index (χ4n) is 1.58. The number of aromatic nitrogens is 1. The van der Waals surface area contributed by atoms with Gasteiger partial charge < -0.3 is 11.1 Å². The summed E-state index contributed by atoms with van der Waals surface area (Å²) in [6, 6.07) is 7.39. The van der Waals surface area contributed by atoms with Gasteiger partial charge in [0.05, 0.1) is 17.7 Å². The van der Waals surface area contributed by atoms with Crippen LogP contribution in [0.5, 0.6) is 0 Å². The van der Waals surface area contributed by atoms with Crippen LogP contribution in [0.4, 0.5) is 5.69 Å². The number of hydrogen-bond donors (Lipinski definition) is 2. The van der Waals surface area contributed by atoms with Gasteiger partial charge in [0.15, 0.2) is 0 Å². The van der Waals surface area contributed by atoms with Crippen molar-refractivity contribution in [2.75, 3.05) is 5.73 Å². The molecule has 0 fully saturated rings. The maximum Gasteiger partial charge on any atom is 0.263 e. The minimum Gasteiger partial charge on any atom is -0.398 e. The first-order valence-corrected chi connectivity index (χ1v) is 6.10. The largest absolute Gasteiger partial charge is 0.398 e. The van der Waals surface area contributed by atoms with Crippen molar-refractivity contribution in [2.24, 2.45) is 0 Å². The molecule has 2 rings (SSSR count). The lowest BCUT2D eigenvalue weighted by molar-refractivity contribution is 0.0944. The zero-order valence-electron chi connectivity index (χ0n) is 9.38. The number of hydrogen-bond acceptors (Lipinski definition) is 4. The number of amides is 1. The third kappa shape index (κ3) is 2.62. The molecule has 5 heteroatoms. The first kappa shape index (κ1) is 11.6. The molecular formula is C12H13N3OS. The van der Waals surface area contributed by atoms with Crippen molar-refractivity contribution in [1.29, 1.82) is 0 Å². The Balaban J connectivity index is 2.10. The van der Waals surface area contributed by atoms with Gasteiger partial charge in [0, 0.05) is 5.69 Å². The molecule has 2 aromatic rings. The van der Waals surface area contributed by atoms with Crippen molar-refractivity contribution in [3.05, 3.63) is 46.4 Å². The zero-order chi connectivity index (χ0) is 12.3. The summed E-state index contributed by atoms with van der Waals surface area (Å²) in [5.41, 5.74) is 9.10. The number of nitrogens with one attached hydrogen (secondary N) is 1. The molecule has 0 saturated heterocycles. The Morgan fingerprint density at radius 3 is 2.88 bits per heavy atom. The Morgan fingerprint density at radius 1 is 1.47 bits per heavy atom. The number of rotatable bonds is 3. The van der Waals surface area contributed by atoms with Crippen molar-refractivity contribution in [2.45, 2.75) is 13.0 Å². The van der Waals surface area contributed by atoms with Crippen LogP contribution in [0.2, 0.25) is 0 Å². The summed E-state index contributed by atoms with van der Waals surface area (Å²) in [4.78, 5) is 16.3. The standard InChI is InChI=1S/C12H13N3OS/c1-8(9-4-2-3-5-10(9)13)15-12(16)11-6-14-7-17-11/h2-8H,13H2,1H3,(H,15,16). The van der Waals surface area contributed by atoms with Gasteiger partial charge in [0.2, 0.25) is 0 Å². The van der Waals surface area contributed by atoms with E-state index in [1.54, 1.807) is 11.7 Å². The number of nitrogen functional groups attached to an aromatic ring is 1. The monoisotopic (exact) mass is 247 g/mol. The second-order valence-electron chi connectivity index (χ2n) is 3.69. The molecule has 1 amide bonds. The highest BCUT2D eigenvalue weighted by molar-refractivity contribution is 7.11. The number of carbonyl (C=O) groups is 1. The van der Waals surface area contributed by atoms with Crippen molar-refractivity contribution >= 4 is 22.9 Å². The van der Waals surface area contributed by atoms with Crippen LogP contribution in [0.15, 0.2) is 36.0 Å². The molecule has 17 heavy (non-hydrogen) atoms. The third-order valence-corrected chi connectivity index (χ3v) is 3.24. The summed E-state index contributed by atoms with van der Waals surface area (Å²) >= 11 is 1.32. The smallest absolute Gasteiger partial charge is 0.263 e. The van der Waals surface area contributed by atoms with Crippen LogP contribution in [0, 0.1) is 0 Å². The van der Waals surface area contributed by atoms with Gasteiger partial charge in [-0.1, -0.05) is 18.2 Å². The van der Waals surface area contributed by atoms with E-state index < -0.39 is 0 Å². The summed E-state index contributed by atoms with van der Waals surface area (Å²) in [6.45, 7) is 1.91. The average Bonchev–Trinajstić information content (AvgIpc) is 2.82. The van der Waals surface area contributed by atoms with Crippen LogP contribution >= 0.6 is 11.3 Å². The zero-order valence-corrected chi connectivity index (χ0v) is 10.2. The van der Waals surface area contributed by atoms with E-state index >= 15 is 0 Å². The molecule has 0 bridgehead atoms. The highest BCUT2D eigenvalue weighted by Crippen LogP contribution is 2.20. The minimum atomic E-state index is -0.122. The summed E-state index contributed by atoms with van der Waals surface area (Å²) < 4.78 is 0. The second-order valence-corrected chi connectivity index (χ2v) is 4.58. The van der Waals surface area contributed by atoms with Crippen LogP contribution < -0.4 is 11.1 Å². The molecule has 88 valence electrons. The van der Waals surface area contributed by atoms with Gasteiger partial charge in [-0.2, -0.15) is 0 Å². The Bertz CT molecular complexity index is 510. The van der Waals surface area contributed by atoms with E-state index in [0.717, 1.165) is 5.56 Å². The van der Waals surface area contributed by atoms with Crippen LogP contribution in [0.25, 0.3) is 0 Å². The second kappa shape index (κ2) is 4.97. The topological polar surface area (TPSA) is 68.0 Å². The maximum absolute atomic E-state index is 11.8. The maximum atomic E-state index is 11.8. The molecule has 1 aromatic carbocycles. The van der Waals surface area contributed by atoms with Gasteiger partial charge in [0.1, 0.15) is 4.88 Å². The van der Waals surface area contributed by atoms with Crippen molar-refractivity contribution < 1.29 is 4.79 Å². The molecule has 0 aliphatic carbocycles. The number of benzene rings is 1. The first-order chi connectivity index (χ1) is 8.18. The highest BCUT2D eigenvalue weighted by Gasteiger charge is 2.13. The van der Waals surface area contributed by atoms with Crippen molar-refractivity contribution in [3.63, 3.8) is 0 Å². The molecule has 0 radical (unpaired) electrons. The van der Waals surface area contributed by atoms with E-state index in [1.165, 1.54) is 11.3 Å². The summed E-state index contributed by atoms with van der Waals surface area (Å²) in [7, 11) is 0. The van der Waals surface area contributed by atoms with Crippen LogP contribution in [0.1, 0.15) is 28.2 Å². The normalized spacial score (nSPS) is 12.1. The fraction of sp³-hybridized carbons (Fsp3) is 0.167. The Kier molecular flexibility index (Phi) is 3.39. The molecule has 0 spiro atoms. The Hall–Kier alpha value is -1.88. The lowest BCUT2D eigenvalue weighted by Gasteiger charge is -2.15. The average molecular weight is 247 g/mol. The van der Waals surface area contributed by atoms with Crippen LogP contribution in [0.3, 0.4) is 0 Å². The number of nitrogens with zero attached hydrogens (tertiary/aromatic N) is 1. The van der Waals surface area contributed by atoms with Crippen molar-refractivity contribution in [1.82, 2.24) is 10.3 Å². The lowest BCUT2D eigenvalue weighted by Crippen LogP contribution is -2.26. The minimum absolute atomic E-state index is 0.120. The van der Waals surface area contributed by atoms with Crippen molar-refractivity contribution in [3.8, 4) is 0 Å². The lowest BCUT2D eigenvalue weighted by atomic mass is 10.1. The van der Waals surface area contributed by atoms with Gasteiger partial charge in [-0.05, 0) is 18.6 Å². The summed E-state index contributed by atoms with van der Waals surface area (Å²) in [5.74, 6) is -0.122. The van der Waals surface area contributed by atoms with Crippen LogP contribution in [-0.2, 0) is 0 Å². The Labute approximate surface area is 103 Å². The van der Waals surface area contributed by atoms with E-state index in [4.69, 9.17) is 5.73 Å². The molecule has 3 N–H and O–H groups in total. The van der Waals surface area contributed by atoms with Gasteiger partial charge in [-0.15, -0.1) is 11.3 Å². The summed E-state index contributed by atoms with van der Waals surface area (Å²) in [6.07, 6.45) is 1.56. The predicted molar refractivity (Wildman–Crippen MR) is 68.8 cm³/mol. The molecule has 1 atom stereocenters. The number of carbonyl (C=O) groups excluding carboxylic acids is 1. The Morgan fingerprint density at radius 2 is 2.24 bits per heavy atom. The quantitative estimate of drug-likeness (QED) is 0.817. The molecule has 1 heterocycles. The van der Waals surface area contributed by atoms with Gasteiger partial charge >= 0.3 is 0 Å². The van der Waals surface area contributed by atoms with E-state index in [1.807, 2.05) is 31.2 Å². The number of thiazole rings is 1. The van der Waals surface area contributed by atoms with E-state index in [2.05, 4.69) is 10.3 Å². The van der Waals surface area contributed by atoms with Gasteiger partial charge in [0.25, 0.3) is 5.91 Å². The molecule has 0 aliphatic heterocycles. The van der Waals surface area contributed by atoms with E-state index in [-0.39, 0.29) is 11.9 Å². The molecule has 0 aliphatic rings. The predicted octanol–water partition coefficient (Wildman–Crippen LogP) is 2.22. The van der Waals surface area contributed by atoms with E-state index in [9.17, 15) is 4.79 Å². The molecule has 1 unspecified atom stereocenters. The number of anilines is 1. The molecule has 1 aromatic heterocycles. The number of nitrogens with two attached hydrogens (primary N) is 1. The molecule has 0 saturated carbocycles. The number of para-hydroxylation sites is 1. The summed E-state index contributed by atoms with van der Waals surface area (Å²) in [5, 5.41) is 2.89. The highest BCUT2D eigenvalue weighted by atomic mass is 32.1. The fourth-order valence-corrected chi connectivity index (χ4v) is 2.10. The SMILES string of the molecule is CC(NC(=O)c1cncs1)c1ccccc1N. The molecule has 4 nitrogen and oxygen atoms in total. The molecular weight excluding hydrogens is 234 g/mol. The van der Waals surface area contributed by atoms with E-state index in [0.29, 0.717) is 10.6 Å². The first-order valence-electron chi connectivity index (χ1n) is 5.22.